The maximum absolute atomic E-state index is 2.16. The van der Waals surface area contributed by atoms with E-state index < -0.39 is 0 Å². The van der Waals surface area contributed by atoms with Crippen molar-refractivity contribution < 1.29 is 0 Å². The Morgan fingerprint density at radius 1 is 1.27 bits per heavy atom. The average Bonchev–Trinajstić information content (AvgIpc) is 1.94. The van der Waals surface area contributed by atoms with Gasteiger partial charge in [0.15, 0.2) is 0 Å². The zero-order chi connectivity index (χ0) is 8.43. The van der Waals surface area contributed by atoms with E-state index in [1.807, 2.05) is 0 Å². The van der Waals surface area contributed by atoms with Gasteiger partial charge in [-0.25, -0.2) is 0 Å². The van der Waals surface area contributed by atoms with Crippen LogP contribution < -0.4 is 4.90 Å². The molecule has 0 radical (unpaired) electrons. The zero-order valence-corrected chi connectivity index (χ0v) is 7.68. The first kappa shape index (κ1) is 8.31. The average molecular weight is 147 g/mol. The molecular weight excluding hydrogens is 133 g/mol. The molecule has 0 atom stereocenters. The van der Waals surface area contributed by atoms with Crippen LogP contribution in [0, 0.1) is 13.8 Å². The monoisotopic (exact) mass is 147 g/mol. The van der Waals surface area contributed by atoms with Crippen LogP contribution in [-0.4, -0.2) is 21.0 Å². The molecule has 0 amide bonds. The second kappa shape index (κ2) is 3.08. The van der Waals surface area contributed by atoms with Crippen molar-refractivity contribution >= 4 is 12.6 Å². The van der Waals surface area contributed by atoms with E-state index in [2.05, 4.69) is 51.8 Å². The van der Waals surface area contributed by atoms with E-state index in [1.165, 1.54) is 16.7 Å². The van der Waals surface area contributed by atoms with Gasteiger partial charge >= 0.3 is 68.5 Å². The van der Waals surface area contributed by atoms with Gasteiger partial charge in [-0.1, -0.05) is 0 Å². The van der Waals surface area contributed by atoms with Crippen molar-refractivity contribution in [2.45, 2.75) is 13.8 Å². The number of aryl methyl sites for hydroxylation is 1. The van der Waals surface area contributed by atoms with Gasteiger partial charge in [0.25, 0.3) is 0 Å². The summed E-state index contributed by atoms with van der Waals surface area (Å²) in [5, 5.41) is 0. The van der Waals surface area contributed by atoms with Crippen LogP contribution in [0.25, 0.3) is 0 Å². The molecule has 1 heterocycles. The Labute approximate surface area is 69.3 Å². The molecule has 0 spiro atoms. The van der Waals surface area contributed by atoms with Gasteiger partial charge in [0, 0.05) is 0 Å². The molecule has 1 rings (SSSR count). The van der Waals surface area contributed by atoms with Crippen molar-refractivity contribution in [3.63, 3.8) is 0 Å². The van der Waals surface area contributed by atoms with E-state index in [9.17, 15) is 0 Å². The van der Waals surface area contributed by atoms with Crippen molar-refractivity contribution in [3.8, 4) is 0 Å². The zero-order valence-electron chi connectivity index (χ0n) is 7.68. The summed E-state index contributed by atoms with van der Waals surface area (Å²) in [6, 6.07) is 2.14. The third-order valence-corrected chi connectivity index (χ3v) is 2.06. The predicted molar refractivity (Wildman–Crippen MR) is 51.6 cm³/mol. The Balaban J connectivity index is 3.17. The first-order chi connectivity index (χ1) is 5.13. The van der Waals surface area contributed by atoms with Gasteiger partial charge in [-0.15, -0.1) is 0 Å². The fourth-order valence-corrected chi connectivity index (χ4v) is 1.22. The van der Waals surface area contributed by atoms with Gasteiger partial charge < -0.3 is 0 Å². The number of hydrogen-bond donors (Lipinski definition) is 0. The molecule has 1 aromatic heterocycles. The number of rotatable bonds is 1. The van der Waals surface area contributed by atoms with Gasteiger partial charge in [0.05, 0.1) is 0 Å². The molecule has 0 bridgehead atoms. The van der Waals surface area contributed by atoms with E-state index in [1.54, 1.807) is 0 Å². The summed E-state index contributed by atoms with van der Waals surface area (Å²) in [6.07, 6.45) is 0. The van der Waals surface area contributed by atoms with Crippen LogP contribution >= 0.6 is 0 Å². The summed E-state index contributed by atoms with van der Waals surface area (Å²) in [5.41, 5.74) is 4.04. The molecule has 0 unspecified atom stereocenters. The normalized spacial score (nSPS) is 9.45. The van der Waals surface area contributed by atoms with Crippen molar-refractivity contribution in [2.24, 2.45) is 0 Å². The van der Waals surface area contributed by atoms with Gasteiger partial charge in [0.1, 0.15) is 0 Å². The summed E-state index contributed by atoms with van der Waals surface area (Å²) in [5.74, 6) is 2.09. The second-order valence-electron chi connectivity index (χ2n) is 3.11. The molecule has 11 heavy (non-hydrogen) atoms. The van der Waals surface area contributed by atoms with Crippen LogP contribution in [0.3, 0.4) is 0 Å². The first-order valence-electron chi connectivity index (χ1n) is 3.86. The molecule has 58 valence electrons. The number of anilines is 1. The molecule has 0 N–H and O–H groups in total. The van der Waals surface area contributed by atoms with E-state index in [4.69, 9.17) is 0 Å². The topological polar surface area (TPSA) is 3.24 Å². The molecule has 0 aliphatic rings. The van der Waals surface area contributed by atoms with E-state index in [0.29, 0.717) is 0 Å². The minimum atomic E-state index is 1.31. The van der Waals surface area contributed by atoms with E-state index in [0.717, 1.165) is 0 Å². The third-order valence-electron chi connectivity index (χ3n) is 2.06. The van der Waals surface area contributed by atoms with Crippen molar-refractivity contribution in [1.29, 1.82) is 0 Å². The van der Waals surface area contributed by atoms with Crippen LogP contribution in [0.4, 0.5) is 5.69 Å². The molecule has 0 fully saturated rings. The molecular formula is C9H14BN. The Hall–Kier alpha value is -0.785. The molecule has 0 aliphatic heterocycles. The summed E-state index contributed by atoms with van der Waals surface area (Å²) < 4.78 is 0. The summed E-state index contributed by atoms with van der Waals surface area (Å²) in [6.45, 7) is 6.44. The van der Waals surface area contributed by atoms with Crippen LogP contribution in [0.1, 0.15) is 11.0 Å². The summed E-state index contributed by atoms with van der Waals surface area (Å²) >= 11 is 0. The Morgan fingerprint density at radius 3 is 2.36 bits per heavy atom. The van der Waals surface area contributed by atoms with Crippen molar-refractivity contribution in [2.75, 3.05) is 19.0 Å². The molecule has 0 saturated carbocycles. The van der Waals surface area contributed by atoms with Crippen LogP contribution in [0.15, 0.2) is 12.0 Å². The summed E-state index contributed by atoms with van der Waals surface area (Å²) in [4.78, 5) is 2.14. The Bertz CT molecular complexity index is 256. The molecule has 2 heteroatoms. The predicted octanol–water partition coefficient (Wildman–Crippen LogP) is 1.71. The second-order valence-corrected chi connectivity index (χ2v) is 3.11. The fourth-order valence-electron chi connectivity index (χ4n) is 1.22. The van der Waals surface area contributed by atoms with Crippen LogP contribution in [0.5, 0.6) is 0 Å². The fraction of sp³-hybridized carbons (Fsp3) is 0.444. The molecule has 0 saturated heterocycles. The quantitative estimate of drug-likeness (QED) is 0.584. The number of nitrogens with zero attached hydrogens (tertiary/aromatic N) is 1. The standard InChI is InChI=1S/C9H14BN/c1-7-8(2)10-6-5-9(7)11(3)4/h5-6H,1-4H3. The Kier molecular flexibility index (Phi) is 2.33. The number of hydrogen-bond acceptors (Lipinski definition) is 1. The molecule has 1 aromatic rings. The summed E-state index contributed by atoms with van der Waals surface area (Å²) in [7, 11) is 4.14. The van der Waals surface area contributed by atoms with Gasteiger partial charge in [0.2, 0.25) is 0 Å². The third kappa shape index (κ3) is 1.62. The van der Waals surface area contributed by atoms with Gasteiger partial charge in [-0.2, -0.15) is 0 Å². The SMILES string of the molecule is Cc1bccc(N(C)C)c1C. The van der Waals surface area contributed by atoms with Crippen molar-refractivity contribution in [1.82, 2.24) is 0 Å². The Morgan fingerprint density at radius 2 is 1.91 bits per heavy atom. The van der Waals surface area contributed by atoms with Crippen LogP contribution in [-0.2, 0) is 0 Å². The van der Waals surface area contributed by atoms with E-state index in [-0.39, 0.29) is 0 Å². The molecule has 0 aliphatic carbocycles. The minimum absolute atomic E-state index is 1.31. The van der Waals surface area contributed by atoms with E-state index >= 15 is 0 Å². The van der Waals surface area contributed by atoms with Crippen LogP contribution in [0.2, 0.25) is 0 Å². The van der Waals surface area contributed by atoms with Gasteiger partial charge in [-0.05, 0) is 0 Å². The maximum atomic E-state index is 2.16. The van der Waals surface area contributed by atoms with Crippen molar-refractivity contribution in [3.05, 3.63) is 23.1 Å². The molecule has 1 nitrogen and oxygen atoms in total. The first-order valence-corrected chi connectivity index (χ1v) is 3.86. The van der Waals surface area contributed by atoms with Gasteiger partial charge in [-0.3, -0.25) is 0 Å². The molecule has 0 aromatic carbocycles.